The third kappa shape index (κ3) is 5.29. The summed E-state index contributed by atoms with van der Waals surface area (Å²) in [5.74, 6) is -0.390. The molecule has 34 heavy (non-hydrogen) atoms. The molecule has 2 aliphatic carbocycles. The number of hydrogen-bond donors (Lipinski definition) is 0. The van der Waals surface area contributed by atoms with Gasteiger partial charge in [0.1, 0.15) is 0 Å². The number of ketones is 3. The van der Waals surface area contributed by atoms with E-state index in [1.165, 1.54) is 11.1 Å². The monoisotopic (exact) mass is 466 g/mol. The van der Waals surface area contributed by atoms with Gasteiger partial charge in [-0.1, -0.05) is 60.4 Å². The van der Waals surface area contributed by atoms with E-state index in [0.29, 0.717) is 19.3 Å². The van der Waals surface area contributed by atoms with Crippen molar-refractivity contribution in [2.24, 2.45) is 22.2 Å². The molecule has 0 N–H and O–H groups in total. The fourth-order valence-corrected chi connectivity index (χ4v) is 5.92. The smallest absolute Gasteiger partial charge is 0.161 e. The van der Waals surface area contributed by atoms with E-state index in [1.54, 1.807) is 0 Å². The van der Waals surface area contributed by atoms with Crippen molar-refractivity contribution in [3.63, 3.8) is 0 Å². The Morgan fingerprint density at radius 3 is 1.91 bits per heavy atom. The van der Waals surface area contributed by atoms with Gasteiger partial charge in [-0.25, -0.2) is 0 Å². The van der Waals surface area contributed by atoms with Crippen molar-refractivity contribution in [1.29, 1.82) is 0 Å². The Hall–Kier alpha value is -2.03. The lowest BCUT2D eigenvalue weighted by Crippen LogP contribution is -2.68. The highest BCUT2D eigenvalue weighted by atomic mass is 16.2. The van der Waals surface area contributed by atoms with E-state index in [1.807, 2.05) is 39.8 Å². The highest BCUT2D eigenvalue weighted by molar-refractivity contribution is 6.28. The minimum absolute atomic E-state index is 0.0768. The van der Waals surface area contributed by atoms with E-state index in [9.17, 15) is 14.4 Å². The van der Waals surface area contributed by atoms with Gasteiger partial charge < -0.3 is 0 Å². The molecule has 2 saturated carbocycles. The molecular weight excluding hydrogens is 420 g/mol. The molecule has 2 bridgehead atoms. The second kappa shape index (κ2) is 10.7. The topological polar surface area (TPSA) is 51.2 Å². The van der Waals surface area contributed by atoms with Gasteiger partial charge in [-0.2, -0.15) is 0 Å². The van der Waals surface area contributed by atoms with Gasteiger partial charge in [0, 0.05) is 0 Å². The van der Waals surface area contributed by atoms with Gasteiger partial charge >= 0.3 is 0 Å². The number of Topliss-reactive ketones (excluding diaryl/α,β-unsaturated/α-hetero) is 3. The quantitative estimate of drug-likeness (QED) is 0.256. The Labute approximate surface area is 207 Å². The maximum atomic E-state index is 14.3. The largest absolute Gasteiger partial charge is 0.298 e. The maximum Gasteiger partial charge on any atom is 0.161 e. The minimum atomic E-state index is -1.14. The predicted molar refractivity (Wildman–Crippen MR) is 142 cm³/mol. The van der Waals surface area contributed by atoms with Crippen LogP contribution in [0, 0.1) is 22.2 Å². The standard InChI is InChI=1S/C31H46O3/c1-21(2)11-10-12-24(7)13-14-25-20-30(17-15-22(3)4)26(32)19-27(33)31(28(30)34,29(25,8)9)18-16-23(5)6/h11,13,15-16,25H,10,12,14,17-20H2,1-9H3/b24-13+/t25-,30+,31-/m1/s1. The van der Waals surface area contributed by atoms with Crippen LogP contribution < -0.4 is 0 Å². The van der Waals surface area contributed by atoms with Gasteiger partial charge in [-0.05, 0) is 98.3 Å². The van der Waals surface area contributed by atoms with Crippen LogP contribution in [0.4, 0.5) is 0 Å². The third-order valence-corrected chi connectivity index (χ3v) is 8.39. The van der Waals surface area contributed by atoms with Crippen LogP contribution in [-0.2, 0) is 14.4 Å². The maximum absolute atomic E-state index is 14.3. The fourth-order valence-electron chi connectivity index (χ4n) is 5.92. The van der Waals surface area contributed by atoms with E-state index in [-0.39, 0.29) is 29.7 Å². The molecule has 3 heteroatoms. The first-order valence-corrected chi connectivity index (χ1v) is 12.9. The SMILES string of the molecule is CC(C)=CCC/C(C)=C/C[C@@H]1C[C@@]2(CC=C(C)C)C(=O)CC(=O)[C@](CC=C(C)C)(C2=O)C1(C)C. The van der Waals surface area contributed by atoms with Gasteiger partial charge in [0.25, 0.3) is 0 Å². The summed E-state index contributed by atoms with van der Waals surface area (Å²) < 4.78 is 0. The summed E-state index contributed by atoms with van der Waals surface area (Å²) in [6.07, 6.45) is 12.6. The second-order valence-corrected chi connectivity index (χ2v) is 12.0. The predicted octanol–water partition coefficient (Wildman–Crippen LogP) is 7.91. The fraction of sp³-hybridized carbons (Fsp3) is 0.645. The van der Waals surface area contributed by atoms with Crippen molar-refractivity contribution in [1.82, 2.24) is 0 Å². The lowest BCUT2D eigenvalue weighted by Gasteiger charge is -2.60. The number of allylic oxidation sites excluding steroid dienone is 8. The lowest BCUT2D eigenvalue weighted by atomic mass is 9.39. The van der Waals surface area contributed by atoms with E-state index in [0.717, 1.165) is 30.4 Å². The molecule has 0 aromatic carbocycles. The Bertz CT molecular complexity index is 943. The van der Waals surface area contributed by atoms with Crippen LogP contribution in [0.15, 0.2) is 46.6 Å². The van der Waals surface area contributed by atoms with Gasteiger partial charge in [0.05, 0.1) is 17.3 Å². The molecule has 0 aromatic rings. The number of hydrogen-bond acceptors (Lipinski definition) is 3. The van der Waals surface area contributed by atoms with Crippen molar-refractivity contribution in [3.05, 3.63) is 46.6 Å². The highest BCUT2D eigenvalue weighted by Crippen LogP contribution is 2.64. The van der Waals surface area contributed by atoms with Crippen molar-refractivity contribution in [3.8, 4) is 0 Å². The van der Waals surface area contributed by atoms with Gasteiger partial charge in [-0.15, -0.1) is 0 Å². The van der Waals surface area contributed by atoms with Crippen LogP contribution in [0.3, 0.4) is 0 Å². The van der Waals surface area contributed by atoms with Gasteiger partial charge in [-0.3, -0.25) is 14.4 Å². The Morgan fingerprint density at radius 2 is 1.35 bits per heavy atom. The Balaban J connectivity index is 2.57. The summed E-state index contributed by atoms with van der Waals surface area (Å²) in [5.41, 5.74) is 2.09. The lowest BCUT2D eigenvalue weighted by molar-refractivity contribution is -0.180. The van der Waals surface area contributed by atoms with E-state index >= 15 is 0 Å². The molecule has 3 nitrogen and oxygen atoms in total. The molecule has 0 aromatic heterocycles. The normalized spacial score (nSPS) is 28.4. The third-order valence-electron chi connectivity index (χ3n) is 8.39. The number of fused-ring (bicyclic) bond motifs is 2. The summed E-state index contributed by atoms with van der Waals surface area (Å²) >= 11 is 0. The average Bonchev–Trinajstić information content (AvgIpc) is 2.71. The van der Waals surface area contributed by atoms with Crippen LogP contribution in [0.5, 0.6) is 0 Å². The molecule has 0 radical (unpaired) electrons. The Morgan fingerprint density at radius 1 is 0.794 bits per heavy atom. The summed E-state index contributed by atoms with van der Waals surface area (Å²) in [6.45, 7) is 18.6. The number of rotatable bonds is 9. The van der Waals surface area contributed by atoms with Crippen molar-refractivity contribution in [2.75, 3.05) is 0 Å². The second-order valence-electron chi connectivity index (χ2n) is 12.0. The van der Waals surface area contributed by atoms with Gasteiger partial charge in [0.2, 0.25) is 0 Å². The molecule has 0 spiro atoms. The molecule has 0 aliphatic heterocycles. The highest BCUT2D eigenvalue weighted by Gasteiger charge is 2.71. The summed E-state index contributed by atoms with van der Waals surface area (Å²) in [6, 6.07) is 0. The van der Waals surface area contributed by atoms with Crippen LogP contribution >= 0.6 is 0 Å². The first-order chi connectivity index (χ1) is 15.7. The molecule has 2 fully saturated rings. The van der Waals surface area contributed by atoms with Crippen molar-refractivity contribution < 1.29 is 14.4 Å². The van der Waals surface area contributed by atoms with E-state index in [2.05, 4.69) is 46.8 Å². The minimum Gasteiger partial charge on any atom is -0.298 e. The van der Waals surface area contributed by atoms with Crippen molar-refractivity contribution in [2.45, 2.75) is 107 Å². The Kier molecular flexibility index (Phi) is 8.88. The van der Waals surface area contributed by atoms with Crippen LogP contribution in [-0.4, -0.2) is 17.3 Å². The summed E-state index contributed by atoms with van der Waals surface area (Å²) in [4.78, 5) is 41.3. The molecule has 0 amide bonds. The molecule has 2 aliphatic rings. The molecule has 0 saturated heterocycles. The molecule has 188 valence electrons. The number of carbonyl (C=O) groups excluding carboxylic acids is 3. The molecule has 0 heterocycles. The molecule has 2 rings (SSSR count). The number of carbonyl (C=O) groups is 3. The first kappa shape index (κ1) is 28.2. The van der Waals surface area contributed by atoms with Crippen LogP contribution in [0.25, 0.3) is 0 Å². The average molecular weight is 467 g/mol. The molecule has 3 atom stereocenters. The zero-order chi connectivity index (χ0) is 25.9. The van der Waals surface area contributed by atoms with Crippen LogP contribution in [0.2, 0.25) is 0 Å². The summed E-state index contributed by atoms with van der Waals surface area (Å²) in [7, 11) is 0. The zero-order valence-electron chi connectivity index (χ0n) is 23.1. The zero-order valence-corrected chi connectivity index (χ0v) is 23.1. The van der Waals surface area contributed by atoms with Crippen molar-refractivity contribution >= 4 is 17.3 Å². The molecular formula is C31H46O3. The van der Waals surface area contributed by atoms with E-state index < -0.39 is 16.2 Å². The van der Waals surface area contributed by atoms with E-state index in [4.69, 9.17) is 0 Å². The molecule has 0 unspecified atom stereocenters. The van der Waals surface area contributed by atoms with Crippen LogP contribution in [0.1, 0.15) is 107 Å². The van der Waals surface area contributed by atoms with Gasteiger partial charge in [0.15, 0.2) is 17.3 Å². The summed E-state index contributed by atoms with van der Waals surface area (Å²) in [5, 5.41) is 0. The first-order valence-electron chi connectivity index (χ1n) is 12.9.